The van der Waals surface area contributed by atoms with Gasteiger partial charge in [0.2, 0.25) is 5.91 Å². The Balaban J connectivity index is 1.64. The monoisotopic (exact) mass is 440 g/mol. The number of aliphatic carboxylic acids is 1. The lowest BCUT2D eigenvalue weighted by molar-refractivity contribution is -0.308. The Morgan fingerprint density at radius 2 is 2.10 bits per heavy atom. The second kappa shape index (κ2) is 9.12. The summed E-state index contributed by atoms with van der Waals surface area (Å²) in [6.45, 7) is 1.24. The molecule has 12 nitrogen and oxygen atoms in total. The third-order valence-corrected chi connectivity index (χ3v) is 6.69. The first-order valence-electron chi connectivity index (χ1n) is 9.20. The van der Waals surface area contributed by atoms with Gasteiger partial charge in [-0.3, -0.25) is 9.36 Å². The highest BCUT2D eigenvalue weighted by atomic mass is 32.2. The minimum absolute atomic E-state index is 0.193. The number of fused-ring (bicyclic) bond motifs is 1. The van der Waals surface area contributed by atoms with Crippen molar-refractivity contribution in [2.45, 2.75) is 43.9 Å². The predicted octanol–water partition coefficient (Wildman–Crippen LogP) is -3.08. The predicted molar refractivity (Wildman–Crippen MR) is 106 cm³/mol. The average molecular weight is 440 g/mol. The van der Waals surface area contributed by atoms with Crippen LogP contribution in [0.1, 0.15) is 19.6 Å². The van der Waals surface area contributed by atoms with E-state index in [-0.39, 0.29) is 23.1 Å². The van der Waals surface area contributed by atoms with E-state index in [0.29, 0.717) is 22.7 Å². The van der Waals surface area contributed by atoms with Crippen molar-refractivity contribution in [3.63, 3.8) is 0 Å². The van der Waals surface area contributed by atoms with Crippen LogP contribution in [0.5, 0.6) is 0 Å². The van der Waals surface area contributed by atoms with Crippen molar-refractivity contribution >= 4 is 39.8 Å². The van der Waals surface area contributed by atoms with Crippen LogP contribution in [-0.2, 0) is 25.2 Å². The molecule has 30 heavy (non-hydrogen) atoms. The summed E-state index contributed by atoms with van der Waals surface area (Å²) in [6.07, 6.45) is 0.855. The van der Waals surface area contributed by atoms with Crippen molar-refractivity contribution in [1.82, 2.24) is 24.8 Å². The number of hydrogen-bond donors (Lipinski definition) is 4. The summed E-state index contributed by atoms with van der Waals surface area (Å²) in [4.78, 5) is 34.4. The molecule has 1 amide bonds. The smallest absolute Gasteiger partial charge is 0.217 e. The topological polar surface area (TPSA) is 189 Å². The summed E-state index contributed by atoms with van der Waals surface area (Å²) in [7, 11) is -0.349. The van der Waals surface area contributed by atoms with Crippen LogP contribution in [0.2, 0.25) is 0 Å². The zero-order valence-electron chi connectivity index (χ0n) is 16.5. The van der Waals surface area contributed by atoms with Crippen molar-refractivity contribution in [3.8, 4) is 0 Å². The number of carbonyl (C=O) groups is 2. The quantitative estimate of drug-likeness (QED) is 0.306. The summed E-state index contributed by atoms with van der Waals surface area (Å²) < 4.78 is 7.40. The van der Waals surface area contributed by atoms with Gasteiger partial charge in [-0.05, 0) is 10.9 Å². The SMILES string of the molecule is CC(=O)N[C@@H](CC[S+](C)C[C@H]1O[C@@H](n2cnc3c(N)ncnc32)[C@H](O)[C@@H]1O)C(=O)[O-]. The van der Waals surface area contributed by atoms with E-state index in [1.807, 2.05) is 6.26 Å². The van der Waals surface area contributed by atoms with Crippen LogP contribution < -0.4 is 16.2 Å². The molecule has 1 aliphatic rings. The molecule has 0 saturated carbocycles. The van der Waals surface area contributed by atoms with E-state index in [0.717, 1.165) is 0 Å². The van der Waals surface area contributed by atoms with Crippen molar-refractivity contribution in [1.29, 1.82) is 0 Å². The number of ether oxygens (including phenoxy) is 1. The molecule has 1 fully saturated rings. The van der Waals surface area contributed by atoms with Gasteiger partial charge < -0.3 is 35.9 Å². The molecule has 0 spiro atoms. The van der Waals surface area contributed by atoms with E-state index in [1.165, 1.54) is 24.1 Å². The molecule has 0 aromatic carbocycles. The number of carbonyl (C=O) groups excluding carboxylic acids is 2. The number of carboxylic acid groups (broad SMARTS) is 1. The number of aliphatic hydroxyl groups excluding tert-OH is 2. The van der Waals surface area contributed by atoms with Gasteiger partial charge in [-0.2, -0.15) is 0 Å². The summed E-state index contributed by atoms with van der Waals surface area (Å²) in [5.41, 5.74) is 6.53. The van der Waals surface area contributed by atoms with Crippen LogP contribution in [0.25, 0.3) is 11.2 Å². The number of nitrogens with two attached hydrogens (primary N) is 1. The summed E-state index contributed by atoms with van der Waals surface area (Å²) in [5.74, 6) is -0.719. The van der Waals surface area contributed by atoms with E-state index in [9.17, 15) is 24.9 Å². The molecule has 1 saturated heterocycles. The van der Waals surface area contributed by atoms with Crippen LogP contribution in [0, 0.1) is 0 Å². The van der Waals surface area contributed by atoms with Crippen molar-refractivity contribution < 1.29 is 29.6 Å². The lowest BCUT2D eigenvalue weighted by Gasteiger charge is -2.19. The first kappa shape index (κ1) is 22.2. The number of nitrogens with one attached hydrogen (secondary N) is 1. The van der Waals surface area contributed by atoms with Crippen molar-refractivity contribution in [3.05, 3.63) is 12.7 Å². The van der Waals surface area contributed by atoms with E-state index >= 15 is 0 Å². The number of carboxylic acids is 1. The molecule has 0 bridgehead atoms. The molecule has 5 N–H and O–H groups in total. The van der Waals surface area contributed by atoms with E-state index in [1.54, 1.807) is 0 Å². The van der Waals surface area contributed by atoms with Gasteiger partial charge in [0.15, 0.2) is 17.7 Å². The fourth-order valence-corrected chi connectivity index (χ4v) is 4.97. The third-order valence-electron chi connectivity index (χ3n) is 4.86. The minimum Gasteiger partial charge on any atom is -0.548 e. The number of amides is 1. The standard InChI is InChI=1S/C17H24N6O6S/c1-8(24)22-9(17(27)28)3-4-30(2)5-10-12(25)13(26)16(29-10)23-7-21-11-14(18)19-6-20-15(11)23/h6-7,9-10,12-13,16,25-26H,3-5H2,1-2H3,(H3-,18,19,20,22,24,27,28)/t9-,10+,12+,13+,16+,30?/m0/s1. The lowest BCUT2D eigenvalue weighted by Crippen LogP contribution is -2.48. The van der Waals surface area contributed by atoms with Gasteiger partial charge in [-0.15, -0.1) is 0 Å². The van der Waals surface area contributed by atoms with Crippen LogP contribution in [0.3, 0.4) is 0 Å². The number of aliphatic hydroxyl groups is 2. The molecule has 0 aliphatic carbocycles. The molecule has 0 radical (unpaired) electrons. The number of nitrogens with zero attached hydrogens (tertiary/aromatic N) is 4. The fraction of sp³-hybridized carbons (Fsp3) is 0.588. The van der Waals surface area contributed by atoms with Gasteiger partial charge in [0.25, 0.3) is 0 Å². The Labute approximate surface area is 174 Å². The molecule has 13 heteroatoms. The van der Waals surface area contributed by atoms with Crippen LogP contribution in [0.4, 0.5) is 5.82 Å². The highest BCUT2D eigenvalue weighted by Crippen LogP contribution is 2.32. The molecule has 2 aromatic rings. The number of anilines is 1. The highest BCUT2D eigenvalue weighted by Gasteiger charge is 2.46. The third kappa shape index (κ3) is 4.64. The zero-order valence-corrected chi connectivity index (χ0v) is 17.3. The minimum atomic E-state index is -1.34. The number of rotatable bonds is 8. The van der Waals surface area contributed by atoms with Crippen LogP contribution >= 0.6 is 0 Å². The van der Waals surface area contributed by atoms with Gasteiger partial charge in [0, 0.05) is 13.3 Å². The highest BCUT2D eigenvalue weighted by molar-refractivity contribution is 7.96. The first-order valence-corrected chi connectivity index (χ1v) is 11.2. The summed E-state index contributed by atoms with van der Waals surface area (Å²) in [5, 5.41) is 34.5. The molecule has 1 unspecified atom stereocenters. The Bertz CT molecular complexity index is 925. The van der Waals surface area contributed by atoms with Crippen molar-refractivity contribution in [2.75, 3.05) is 23.5 Å². The molecule has 2 aromatic heterocycles. The Kier molecular flexibility index (Phi) is 6.75. The van der Waals surface area contributed by atoms with Crippen LogP contribution in [0.15, 0.2) is 12.7 Å². The second-order valence-corrected chi connectivity index (χ2v) is 9.45. The zero-order chi connectivity index (χ0) is 22.0. The lowest BCUT2D eigenvalue weighted by atomic mass is 10.1. The molecule has 1 aliphatic heterocycles. The van der Waals surface area contributed by atoms with E-state index in [4.69, 9.17) is 10.5 Å². The maximum Gasteiger partial charge on any atom is 0.217 e. The Morgan fingerprint density at radius 1 is 1.37 bits per heavy atom. The Hall–Kier alpha value is -2.48. The number of hydrogen-bond acceptors (Lipinski definition) is 10. The van der Waals surface area contributed by atoms with E-state index in [2.05, 4.69) is 20.3 Å². The molecule has 6 atom stereocenters. The van der Waals surface area contributed by atoms with Gasteiger partial charge >= 0.3 is 0 Å². The van der Waals surface area contributed by atoms with E-state index < -0.39 is 42.5 Å². The van der Waals surface area contributed by atoms with Crippen molar-refractivity contribution in [2.24, 2.45) is 0 Å². The number of imidazole rings is 1. The second-order valence-electron chi connectivity index (χ2n) is 7.14. The number of nitrogen functional groups attached to an aromatic ring is 1. The molecule has 164 valence electrons. The normalized spacial score (nSPS) is 25.9. The maximum absolute atomic E-state index is 11.1. The molecule has 3 rings (SSSR count). The largest absolute Gasteiger partial charge is 0.548 e. The Morgan fingerprint density at radius 3 is 2.77 bits per heavy atom. The maximum atomic E-state index is 11.1. The van der Waals surface area contributed by atoms with Gasteiger partial charge in [-0.1, -0.05) is 0 Å². The number of aromatic nitrogens is 4. The van der Waals surface area contributed by atoms with Gasteiger partial charge in [0.05, 0.1) is 24.6 Å². The average Bonchev–Trinajstić information content (AvgIpc) is 3.22. The van der Waals surface area contributed by atoms with Gasteiger partial charge in [-0.25, -0.2) is 15.0 Å². The molecular formula is C17H24N6O6S. The summed E-state index contributed by atoms with van der Waals surface area (Å²) >= 11 is 0. The van der Waals surface area contributed by atoms with Crippen LogP contribution in [-0.4, -0.2) is 83.7 Å². The van der Waals surface area contributed by atoms with Gasteiger partial charge in [0.1, 0.15) is 41.7 Å². The fourth-order valence-electron chi connectivity index (χ4n) is 3.33. The summed E-state index contributed by atoms with van der Waals surface area (Å²) in [6, 6.07) is -1.08. The first-order chi connectivity index (χ1) is 14.2. The molecule has 3 heterocycles. The molecular weight excluding hydrogens is 416 g/mol.